The molecule has 1 atom stereocenters. The minimum atomic E-state index is 0.223. The zero-order valence-electron chi connectivity index (χ0n) is 8.48. The zero-order chi connectivity index (χ0) is 11.4. The molecule has 2 heterocycles. The molecule has 0 bridgehead atoms. The Kier molecular flexibility index (Phi) is 3.91. The molecule has 2 rings (SSSR count). The van der Waals surface area contributed by atoms with Crippen LogP contribution in [0.2, 0.25) is 5.02 Å². The molecule has 16 heavy (non-hydrogen) atoms. The Morgan fingerprint density at radius 2 is 2.00 bits per heavy atom. The van der Waals surface area contributed by atoms with Crippen molar-refractivity contribution in [3.05, 3.63) is 59.1 Å². The van der Waals surface area contributed by atoms with Crippen molar-refractivity contribution in [3.63, 3.8) is 0 Å². The molecule has 0 amide bonds. The molecule has 0 aromatic carbocycles. The molecule has 0 radical (unpaired) electrons. The summed E-state index contributed by atoms with van der Waals surface area (Å²) in [6.45, 7) is 0. The van der Waals surface area contributed by atoms with Crippen molar-refractivity contribution in [2.24, 2.45) is 0 Å². The van der Waals surface area contributed by atoms with Gasteiger partial charge in [0.1, 0.15) is 0 Å². The van der Waals surface area contributed by atoms with Crippen LogP contribution in [0, 0.1) is 0 Å². The summed E-state index contributed by atoms with van der Waals surface area (Å²) in [7, 11) is 0. The van der Waals surface area contributed by atoms with Gasteiger partial charge in [-0.1, -0.05) is 33.6 Å². The molecule has 0 N–H and O–H groups in total. The normalized spacial score (nSPS) is 12.4. The van der Waals surface area contributed by atoms with E-state index in [0.29, 0.717) is 5.02 Å². The first kappa shape index (κ1) is 11.6. The molecule has 2 aromatic rings. The first-order valence-electron chi connectivity index (χ1n) is 4.90. The summed E-state index contributed by atoms with van der Waals surface area (Å²) in [5.41, 5.74) is 2.23. The van der Waals surface area contributed by atoms with Crippen LogP contribution in [0.15, 0.2) is 43.0 Å². The first-order valence-corrected chi connectivity index (χ1v) is 6.19. The van der Waals surface area contributed by atoms with E-state index in [0.717, 1.165) is 17.5 Å². The molecular weight excluding hydrogens is 288 g/mol. The highest BCUT2D eigenvalue weighted by Gasteiger charge is 2.10. The predicted molar refractivity (Wildman–Crippen MR) is 68.9 cm³/mol. The van der Waals surface area contributed by atoms with Gasteiger partial charge in [0.05, 0.1) is 5.02 Å². The lowest BCUT2D eigenvalue weighted by Gasteiger charge is -2.10. The van der Waals surface area contributed by atoms with Crippen molar-refractivity contribution in [1.29, 1.82) is 0 Å². The summed E-state index contributed by atoms with van der Waals surface area (Å²) in [5, 5.41) is 0.704. The Bertz CT molecular complexity index is 462. The van der Waals surface area contributed by atoms with E-state index in [1.165, 1.54) is 0 Å². The summed E-state index contributed by atoms with van der Waals surface area (Å²) in [6, 6.07) is 5.91. The van der Waals surface area contributed by atoms with E-state index in [4.69, 9.17) is 11.6 Å². The average molecular weight is 298 g/mol. The fourth-order valence-electron chi connectivity index (χ4n) is 1.44. The van der Waals surface area contributed by atoms with E-state index in [9.17, 15) is 0 Å². The van der Waals surface area contributed by atoms with Crippen molar-refractivity contribution in [3.8, 4) is 0 Å². The van der Waals surface area contributed by atoms with Gasteiger partial charge in [0.15, 0.2) is 0 Å². The van der Waals surface area contributed by atoms with Gasteiger partial charge >= 0.3 is 0 Å². The van der Waals surface area contributed by atoms with E-state index in [2.05, 4.69) is 25.9 Å². The third-order valence-electron chi connectivity index (χ3n) is 2.30. The number of halogens is 2. The lowest BCUT2D eigenvalue weighted by Crippen LogP contribution is -1.96. The highest BCUT2D eigenvalue weighted by molar-refractivity contribution is 9.09. The van der Waals surface area contributed by atoms with Crippen LogP contribution in [-0.4, -0.2) is 9.97 Å². The van der Waals surface area contributed by atoms with Crippen LogP contribution in [0.3, 0.4) is 0 Å². The first-order chi connectivity index (χ1) is 7.77. The van der Waals surface area contributed by atoms with Crippen LogP contribution >= 0.6 is 27.5 Å². The number of hydrogen-bond donors (Lipinski definition) is 0. The molecule has 0 aliphatic heterocycles. The predicted octanol–water partition coefficient (Wildman–Crippen LogP) is 3.81. The van der Waals surface area contributed by atoms with E-state index >= 15 is 0 Å². The van der Waals surface area contributed by atoms with Crippen molar-refractivity contribution >= 4 is 27.5 Å². The Hall–Kier alpha value is -0.930. The van der Waals surface area contributed by atoms with Crippen LogP contribution in [0.5, 0.6) is 0 Å². The standard InChI is InChI=1S/C12H10BrClN2/c13-11(10-2-1-4-15-7-10)6-9-3-5-16-8-12(9)14/h1-5,7-8,11H,6H2. The van der Waals surface area contributed by atoms with E-state index in [1.54, 1.807) is 18.6 Å². The molecule has 0 aliphatic rings. The van der Waals surface area contributed by atoms with E-state index < -0.39 is 0 Å². The Morgan fingerprint density at radius 3 is 2.69 bits per heavy atom. The van der Waals surface area contributed by atoms with Gasteiger partial charge in [-0.05, 0) is 29.7 Å². The van der Waals surface area contributed by atoms with Crippen molar-refractivity contribution in [1.82, 2.24) is 9.97 Å². The summed E-state index contributed by atoms with van der Waals surface area (Å²) in [5.74, 6) is 0. The van der Waals surface area contributed by atoms with Crippen LogP contribution in [0.1, 0.15) is 16.0 Å². The topological polar surface area (TPSA) is 25.8 Å². The number of alkyl halides is 1. The largest absolute Gasteiger partial charge is 0.264 e. The minimum Gasteiger partial charge on any atom is -0.264 e. The van der Waals surface area contributed by atoms with Gasteiger partial charge in [0.2, 0.25) is 0 Å². The number of hydrogen-bond acceptors (Lipinski definition) is 2. The molecule has 1 unspecified atom stereocenters. The van der Waals surface area contributed by atoms with Crippen molar-refractivity contribution in [2.75, 3.05) is 0 Å². The molecule has 4 heteroatoms. The summed E-state index contributed by atoms with van der Waals surface area (Å²) in [6.07, 6.45) is 7.87. The van der Waals surface area contributed by atoms with Crippen molar-refractivity contribution < 1.29 is 0 Å². The molecule has 0 aliphatic carbocycles. The fourth-order valence-corrected chi connectivity index (χ4v) is 2.26. The van der Waals surface area contributed by atoms with E-state index in [-0.39, 0.29) is 4.83 Å². The van der Waals surface area contributed by atoms with Crippen LogP contribution in [-0.2, 0) is 6.42 Å². The second-order valence-electron chi connectivity index (χ2n) is 3.43. The van der Waals surface area contributed by atoms with Gasteiger partial charge < -0.3 is 0 Å². The van der Waals surface area contributed by atoms with Crippen LogP contribution in [0.4, 0.5) is 0 Å². The third kappa shape index (κ3) is 2.80. The molecule has 0 saturated carbocycles. The minimum absolute atomic E-state index is 0.223. The molecule has 0 saturated heterocycles. The lowest BCUT2D eigenvalue weighted by molar-refractivity contribution is 0.935. The Balaban J connectivity index is 2.14. The summed E-state index contributed by atoms with van der Waals surface area (Å²) in [4.78, 5) is 8.28. The lowest BCUT2D eigenvalue weighted by atomic mass is 10.1. The monoisotopic (exact) mass is 296 g/mol. The maximum atomic E-state index is 6.06. The highest BCUT2D eigenvalue weighted by atomic mass is 79.9. The van der Waals surface area contributed by atoms with Gasteiger partial charge in [-0.3, -0.25) is 9.97 Å². The zero-order valence-corrected chi connectivity index (χ0v) is 10.8. The maximum absolute atomic E-state index is 6.06. The van der Waals surface area contributed by atoms with Crippen LogP contribution in [0.25, 0.3) is 0 Å². The highest BCUT2D eigenvalue weighted by Crippen LogP contribution is 2.28. The Labute approximate surface area is 108 Å². The fraction of sp³-hybridized carbons (Fsp3) is 0.167. The second kappa shape index (κ2) is 5.41. The number of nitrogens with zero attached hydrogens (tertiary/aromatic N) is 2. The van der Waals surface area contributed by atoms with Gasteiger partial charge in [-0.15, -0.1) is 0 Å². The molecule has 2 aromatic heterocycles. The molecular formula is C12H10BrClN2. The van der Waals surface area contributed by atoms with Gasteiger partial charge in [0, 0.05) is 29.6 Å². The number of pyridine rings is 2. The van der Waals surface area contributed by atoms with Gasteiger partial charge in [0.25, 0.3) is 0 Å². The average Bonchev–Trinajstić information content (AvgIpc) is 2.33. The van der Waals surface area contributed by atoms with E-state index in [1.807, 2.05) is 24.4 Å². The van der Waals surface area contributed by atoms with Gasteiger partial charge in [-0.2, -0.15) is 0 Å². The maximum Gasteiger partial charge on any atom is 0.0621 e. The Morgan fingerprint density at radius 1 is 1.19 bits per heavy atom. The molecule has 82 valence electrons. The van der Waals surface area contributed by atoms with Crippen molar-refractivity contribution in [2.45, 2.75) is 11.2 Å². The molecule has 0 spiro atoms. The quantitative estimate of drug-likeness (QED) is 0.805. The molecule has 0 fully saturated rings. The summed E-state index contributed by atoms with van der Waals surface area (Å²) < 4.78 is 0. The summed E-state index contributed by atoms with van der Waals surface area (Å²) >= 11 is 9.69. The molecule has 2 nitrogen and oxygen atoms in total. The van der Waals surface area contributed by atoms with Gasteiger partial charge in [-0.25, -0.2) is 0 Å². The smallest absolute Gasteiger partial charge is 0.0621 e. The third-order valence-corrected chi connectivity index (χ3v) is 3.49. The second-order valence-corrected chi connectivity index (χ2v) is 4.94. The number of rotatable bonds is 3. The van der Waals surface area contributed by atoms with Crippen LogP contribution < -0.4 is 0 Å². The SMILES string of the molecule is Clc1cnccc1CC(Br)c1cccnc1. The number of aromatic nitrogens is 2.